The predicted molar refractivity (Wildman–Crippen MR) is 84.9 cm³/mol. The van der Waals surface area contributed by atoms with Crippen LogP contribution in [0.15, 0.2) is 42.5 Å². The number of methoxy groups -OCH3 is 1. The van der Waals surface area contributed by atoms with Crippen LogP contribution in [0.25, 0.3) is 10.9 Å². The maximum atomic E-state index is 14.2. The Balaban J connectivity index is 2.08. The van der Waals surface area contributed by atoms with E-state index in [1.165, 1.54) is 17.7 Å². The number of rotatable bonds is 4. The topological polar surface area (TPSA) is 40.5 Å². The molecule has 0 bridgehead atoms. The minimum absolute atomic E-state index is 0.0821. The molecule has 24 heavy (non-hydrogen) atoms. The molecular weight excluding hydrogens is 316 g/mol. The van der Waals surface area contributed by atoms with Gasteiger partial charge in [-0.25, -0.2) is 9.18 Å². The Labute approximate surface area is 137 Å². The minimum atomic E-state index is -1.08. The largest absolute Gasteiger partial charge is 0.485 e. The van der Waals surface area contributed by atoms with Crippen LogP contribution in [0.5, 0.6) is 5.75 Å². The van der Waals surface area contributed by atoms with E-state index in [1.807, 2.05) is 30.3 Å². The van der Waals surface area contributed by atoms with Crippen LogP contribution in [0.1, 0.15) is 16.1 Å². The molecule has 124 valence electrons. The van der Waals surface area contributed by atoms with E-state index < -0.39 is 17.6 Å². The van der Waals surface area contributed by atoms with Gasteiger partial charge < -0.3 is 14.0 Å². The summed E-state index contributed by atoms with van der Waals surface area (Å²) in [6.45, 7) is 0.0821. The Morgan fingerprint density at radius 3 is 2.54 bits per heavy atom. The first kappa shape index (κ1) is 16.0. The molecule has 4 nitrogen and oxygen atoms in total. The van der Waals surface area contributed by atoms with E-state index in [4.69, 9.17) is 4.74 Å². The zero-order chi connectivity index (χ0) is 17.3. The number of hydrogen-bond donors (Lipinski definition) is 0. The highest BCUT2D eigenvalue weighted by molar-refractivity contribution is 5.98. The predicted octanol–water partition coefficient (Wildman–Crippen LogP) is 3.82. The molecule has 1 heterocycles. The number of fused-ring (bicyclic) bond motifs is 1. The smallest absolute Gasteiger partial charge is 0.354 e. The lowest BCUT2D eigenvalue weighted by Crippen LogP contribution is -2.07. The normalized spacial score (nSPS) is 10.8. The van der Waals surface area contributed by atoms with E-state index >= 15 is 0 Å². The third-order valence-electron chi connectivity index (χ3n) is 3.82. The molecule has 0 radical (unpaired) electrons. The molecule has 0 aliphatic heterocycles. The summed E-state index contributed by atoms with van der Waals surface area (Å²) < 4.78 is 39.8. The number of aryl methyl sites for hydroxylation is 1. The minimum Gasteiger partial charge on any atom is -0.485 e. The zero-order valence-corrected chi connectivity index (χ0v) is 13.2. The molecule has 3 rings (SSSR count). The van der Waals surface area contributed by atoms with Gasteiger partial charge in [0.25, 0.3) is 0 Å². The summed E-state index contributed by atoms with van der Waals surface area (Å²) in [5.41, 5.74) is 1.35. The second-order valence-corrected chi connectivity index (χ2v) is 5.29. The van der Waals surface area contributed by atoms with Gasteiger partial charge in [-0.2, -0.15) is 4.39 Å². The van der Waals surface area contributed by atoms with Gasteiger partial charge in [0.15, 0.2) is 11.6 Å². The molecule has 0 aliphatic carbocycles. The van der Waals surface area contributed by atoms with Gasteiger partial charge in [0.2, 0.25) is 5.82 Å². The summed E-state index contributed by atoms with van der Waals surface area (Å²) in [5.74, 6) is -2.94. The molecule has 0 saturated heterocycles. The molecule has 0 unspecified atom stereocenters. The van der Waals surface area contributed by atoms with Gasteiger partial charge in [-0.3, -0.25) is 0 Å². The van der Waals surface area contributed by atoms with Crippen molar-refractivity contribution in [1.29, 1.82) is 0 Å². The Hall–Kier alpha value is -2.89. The maximum Gasteiger partial charge on any atom is 0.354 e. The highest BCUT2D eigenvalue weighted by Crippen LogP contribution is 2.33. The Morgan fingerprint density at radius 2 is 1.88 bits per heavy atom. The lowest BCUT2D eigenvalue weighted by molar-refractivity contribution is 0.0590. The summed E-state index contributed by atoms with van der Waals surface area (Å²) in [6.07, 6.45) is 0. The van der Waals surface area contributed by atoms with Crippen molar-refractivity contribution >= 4 is 16.9 Å². The molecule has 1 aromatic heterocycles. The Bertz CT molecular complexity index is 904. The van der Waals surface area contributed by atoms with Gasteiger partial charge in [0.05, 0.1) is 12.6 Å². The standard InChI is InChI=1S/C18H15F2NO3/c1-21-14-9-13(19)16(20)17(12(14)8-15(21)18(22)23-2)24-10-11-6-4-3-5-7-11/h3-9H,10H2,1-2H3. The van der Waals surface area contributed by atoms with Crippen LogP contribution >= 0.6 is 0 Å². The van der Waals surface area contributed by atoms with Crippen LogP contribution in [0.3, 0.4) is 0 Å². The van der Waals surface area contributed by atoms with Crippen LogP contribution in [0.2, 0.25) is 0 Å². The van der Waals surface area contributed by atoms with Crippen LogP contribution in [0, 0.1) is 11.6 Å². The number of aromatic nitrogens is 1. The molecule has 0 saturated carbocycles. The first-order valence-electron chi connectivity index (χ1n) is 7.25. The lowest BCUT2D eigenvalue weighted by Gasteiger charge is -2.10. The van der Waals surface area contributed by atoms with Crippen molar-refractivity contribution in [2.24, 2.45) is 7.05 Å². The van der Waals surface area contributed by atoms with Gasteiger partial charge in [-0.1, -0.05) is 30.3 Å². The maximum absolute atomic E-state index is 14.2. The Morgan fingerprint density at radius 1 is 1.17 bits per heavy atom. The van der Waals surface area contributed by atoms with E-state index in [2.05, 4.69) is 4.74 Å². The fourth-order valence-electron chi connectivity index (χ4n) is 2.56. The second-order valence-electron chi connectivity index (χ2n) is 5.29. The first-order chi connectivity index (χ1) is 11.5. The van der Waals surface area contributed by atoms with E-state index in [0.29, 0.717) is 10.9 Å². The number of benzene rings is 2. The van der Waals surface area contributed by atoms with Crippen LogP contribution < -0.4 is 4.74 Å². The van der Waals surface area contributed by atoms with Crippen LogP contribution in [-0.2, 0) is 18.4 Å². The van der Waals surface area contributed by atoms with Gasteiger partial charge in [0, 0.05) is 18.5 Å². The SMILES string of the molecule is COC(=O)c1cc2c(OCc3ccccc3)c(F)c(F)cc2n1C. The number of esters is 1. The molecule has 0 amide bonds. The molecule has 0 aliphatic rings. The number of nitrogens with zero attached hydrogens (tertiary/aromatic N) is 1. The van der Waals surface area contributed by atoms with Crippen LogP contribution in [0.4, 0.5) is 8.78 Å². The van der Waals surface area contributed by atoms with Crippen molar-refractivity contribution in [3.05, 3.63) is 65.4 Å². The quantitative estimate of drug-likeness (QED) is 0.682. The van der Waals surface area contributed by atoms with E-state index in [-0.39, 0.29) is 18.1 Å². The average Bonchev–Trinajstić information content (AvgIpc) is 2.92. The summed E-state index contributed by atoms with van der Waals surface area (Å²) in [6, 6.07) is 11.6. The van der Waals surface area contributed by atoms with E-state index in [0.717, 1.165) is 11.6 Å². The molecular formula is C18H15F2NO3. The van der Waals surface area contributed by atoms with Crippen LogP contribution in [-0.4, -0.2) is 17.6 Å². The monoisotopic (exact) mass is 331 g/mol. The third-order valence-corrected chi connectivity index (χ3v) is 3.82. The molecule has 0 atom stereocenters. The highest BCUT2D eigenvalue weighted by Gasteiger charge is 2.22. The van der Waals surface area contributed by atoms with Gasteiger partial charge in [-0.05, 0) is 11.6 Å². The summed E-state index contributed by atoms with van der Waals surface area (Å²) >= 11 is 0. The van der Waals surface area contributed by atoms with Gasteiger partial charge in [-0.15, -0.1) is 0 Å². The number of ether oxygens (including phenoxy) is 2. The highest BCUT2D eigenvalue weighted by atomic mass is 19.2. The number of halogens is 2. The Kier molecular flexibility index (Phi) is 4.20. The van der Waals surface area contributed by atoms with Gasteiger partial charge >= 0.3 is 5.97 Å². The van der Waals surface area contributed by atoms with Crippen molar-refractivity contribution in [2.45, 2.75) is 6.61 Å². The average molecular weight is 331 g/mol. The first-order valence-corrected chi connectivity index (χ1v) is 7.25. The fraction of sp³-hybridized carbons (Fsp3) is 0.167. The fourth-order valence-corrected chi connectivity index (χ4v) is 2.56. The summed E-state index contributed by atoms with van der Waals surface area (Å²) in [7, 11) is 2.82. The van der Waals surface area contributed by atoms with E-state index in [9.17, 15) is 13.6 Å². The number of hydrogen-bond acceptors (Lipinski definition) is 3. The molecule has 0 N–H and O–H groups in total. The number of carbonyl (C=O) groups excluding carboxylic acids is 1. The second kappa shape index (κ2) is 6.31. The van der Waals surface area contributed by atoms with Crippen molar-refractivity contribution in [1.82, 2.24) is 4.57 Å². The summed E-state index contributed by atoms with van der Waals surface area (Å²) in [4.78, 5) is 11.8. The molecule has 0 spiro atoms. The number of carbonyl (C=O) groups is 1. The van der Waals surface area contributed by atoms with Crippen molar-refractivity contribution in [3.63, 3.8) is 0 Å². The van der Waals surface area contributed by atoms with E-state index in [1.54, 1.807) is 7.05 Å². The molecule has 2 aromatic carbocycles. The van der Waals surface area contributed by atoms with Crippen molar-refractivity contribution in [3.8, 4) is 5.75 Å². The lowest BCUT2D eigenvalue weighted by atomic mass is 10.2. The molecule has 3 aromatic rings. The molecule has 0 fully saturated rings. The zero-order valence-electron chi connectivity index (χ0n) is 13.2. The van der Waals surface area contributed by atoms with Gasteiger partial charge in [0.1, 0.15) is 12.3 Å². The third kappa shape index (κ3) is 2.71. The summed E-state index contributed by atoms with van der Waals surface area (Å²) in [5, 5.41) is 0.313. The molecule has 6 heteroatoms. The van der Waals surface area contributed by atoms with Crippen molar-refractivity contribution < 1.29 is 23.0 Å². The van der Waals surface area contributed by atoms with Crippen molar-refractivity contribution in [2.75, 3.05) is 7.11 Å².